The molecule has 534 valence electrons. The lowest BCUT2D eigenvalue weighted by molar-refractivity contribution is -0.0399. The van der Waals surface area contributed by atoms with Gasteiger partial charge < -0.3 is 9.80 Å². The van der Waals surface area contributed by atoms with Gasteiger partial charge >= 0.3 is 0 Å². The minimum Gasteiger partial charge on any atom is -0.310 e. The zero-order chi connectivity index (χ0) is 72.9. The van der Waals surface area contributed by atoms with Crippen molar-refractivity contribution >= 4 is 44.9 Å². The van der Waals surface area contributed by atoms with Crippen LogP contribution in [0.4, 0.5) is 34.1 Å². The number of hydrogen-bond donors (Lipinski definition) is 0. The van der Waals surface area contributed by atoms with Crippen molar-refractivity contribution in [3.05, 3.63) is 360 Å². The Hall–Kier alpha value is -11.1. The van der Waals surface area contributed by atoms with Gasteiger partial charge in [0.15, 0.2) is 0 Å². The zero-order valence-electron chi connectivity index (χ0n) is 63.6. The van der Waals surface area contributed by atoms with Gasteiger partial charge in [-0.3, -0.25) is 0 Å². The number of nitrogens with zero attached hydrogens (tertiary/aromatic N) is 2. The maximum Gasteiger partial charge on any atom is 0.0543 e. The van der Waals surface area contributed by atoms with Crippen LogP contribution in [0.5, 0.6) is 0 Å². The van der Waals surface area contributed by atoms with E-state index in [1.165, 1.54) is 198 Å². The van der Waals surface area contributed by atoms with E-state index >= 15 is 0 Å². The van der Waals surface area contributed by atoms with Crippen molar-refractivity contribution < 1.29 is 0 Å². The van der Waals surface area contributed by atoms with E-state index < -0.39 is 0 Å². The molecule has 0 amide bonds. The molecular formula is C108H92N2. The second kappa shape index (κ2) is 24.2. The zero-order valence-corrected chi connectivity index (χ0v) is 63.6. The summed E-state index contributed by atoms with van der Waals surface area (Å²) in [6.07, 6.45) is 14.3. The van der Waals surface area contributed by atoms with Gasteiger partial charge in [0.1, 0.15) is 0 Å². The molecule has 8 saturated carbocycles. The Bertz CT molecular complexity index is 6010. The summed E-state index contributed by atoms with van der Waals surface area (Å²) in [5, 5.41) is 2.51. The molecule has 26 rings (SSSR count). The number of hydrogen-bond acceptors (Lipinski definition) is 2. The highest BCUT2D eigenvalue weighted by Crippen LogP contribution is 2.72. The van der Waals surface area contributed by atoms with E-state index in [2.05, 4.69) is 353 Å². The molecule has 0 heterocycles. The molecule has 2 nitrogen and oxygen atoms in total. The van der Waals surface area contributed by atoms with Crippen LogP contribution in [-0.4, -0.2) is 0 Å². The molecule has 0 aromatic heterocycles. The molecule has 8 bridgehead atoms. The summed E-state index contributed by atoms with van der Waals surface area (Å²) in [6.45, 7) is 9.48. The van der Waals surface area contributed by atoms with Crippen LogP contribution in [0.25, 0.3) is 88.7 Å². The smallest absolute Gasteiger partial charge is 0.0543 e. The molecule has 2 spiro atoms. The summed E-state index contributed by atoms with van der Waals surface area (Å²) in [4.78, 5) is 4.97. The monoisotopic (exact) mass is 1420 g/mol. The first-order chi connectivity index (χ1) is 54.0. The maximum absolute atomic E-state index is 2.55. The topological polar surface area (TPSA) is 6.48 Å². The first kappa shape index (κ1) is 64.9. The number of anilines is 6. The van der Waals surface area contributed by atoms with Crippen LogP contribution in [0.1, 0.15) is 136 Å². The lowest BCUT2D eigenvalue weighted by atomic mass is 9.43. The summed E-state index contributed by atoms with van der Waals surface area (Å²) in [6, 6.07) is 120. The Morgan fingerprint density at radius 3 is 0.973 bits per heavy atom. The molecule has 110 heavy (non-hydrogen) atoms. The van der Waals surface area contributed by atoms with Crippen molar-refractivity contribution in [1.29, 1.82) is 0 Å². The highest BCUT2D eigenvalue weighted by atomic mass is 15.2. The third-order valence-electron chi connectivity index (χ3n) is 29.9. The fraction of sp³-hybridized carbons (Fsp3) is 0.241. The highest BCUT2D eigenvalue weighted by Gasteiger charge is 2.63. The van der Waals surface area contributed by atoms with E-state index in [0.717, 1.165) is 58.7 Å². The summed E-state index contributed by atoms with van der Waals surface area (Å²) < 4.78 is 0. The van der Waals surface area contributed by atoms with E-state index in [0.29, 0.717) is 0 Å². The molecule has 12 aliphatic carbocycles. The molecule has 14 aromatic carbocycles. The van der Waals surface area contributed by atoms with Gasteiger partial charge in [-0.1, -0.05) is 270 Å². The lowest BCUT2D eigenvalue weighted by Crippen LogP contribution is -2.55. The second-order valence-electron chi connectivity index (χ2n) is 35.9. The Morgan fingerprint density at radius 1 is 0.218 bits per heavy atom. The lowest BCUT2D eigenvalue weighted by Gasteiger charge is -2.61. The van der Waals surface area contributed by atoms with Gasteiger partial charge in [-0.05, 0) is 306 Å². The van der Waals surface area contributed by atoms with E-state index in [1.807, 2.05) is 0 Å². The average molecular weight is 1420 g/mol. The van der Waals surface area contributed by atoms with E-state index in [4.69, 9.17) is 0 Å². The van der Waals surface area contributed by atoms with Gasteiger partial charge in [0, 0.05) is 55.5 Å². The SMILES string of the molecule is CC1(C)c2ccccc2-c2c(N(c3ccc(-c4ccc5c(c4)-c4ccccc4C54C5CC6CC(C5)CC4C6)cc3)c3ccc4ccccc4c3)cccc21.CC1(C)c2ccccc2-c2c(N(c3ccc(-c4ccccc4)cc3)c3ccc(-c4ccc5c(c4)-c4ccccc4C54C5CC6CC(C5)CC4C6)cc3)cccc21. The van der Waals surface area contributed by atoms with Crippen molar-refractivity contribution in [3.63, 3.8) is 0 Å². The third kappa shape index (κ3) is 9.35. The van der Waals surface area contributed by atoms with E-state index in [1.54, 1.807) is 22.3 Å². The van der Waals surface area contributed by atoms with Crippen molar-refractivity contribution in [2.24, 2.45) is 47.3 Å². The normalized spacial score (nSPS) is 24.4. The largest absolute Gasteiger partial charge is 0.310 e. The Labute approximate surface area is 649 Å². The number of fused-ring (bicyclic) bond motifs is 13. The molecule has 2 heteroatoms. The van der Waals surface area contributed by atoms with Crippen LogP contribution in [0.15, 0.2) is 315 Å². The minimum atomic E-state index is -0.0734. The van der Waals surface area contributed by atoms with Crippen LogP contribution in [0.2, 0.25) is 0 Å². The fourth-order valence-corrected chi connectivity index (χ4v) is 25.7. The quantitative estimate of drug-likeness (QED) is 0.142. The molecule has 0 aliphatic heterocycles. The van der Waals surface area contributed by atoms with Crippen molar-refractivity contribution in [2.45, 2.75) is 114 Å². The predicted octanol–water partition coefficient (Wildman–Crippen LogP) is 28.5. The summed E-state index contributed by atoms with van der Waals surface area (Å²) in [5.74, 6) is 6.98. The van der Waals surface area contributed by atoms with Gasteiger partial charge in [-0.25, -0.2) is 0 Å². The van der Waals surface area contributed by atoms with Crippen LogP contribution in [-0.2, 0) is 21.7 Å². The van der Waals surface area contributed by atoms with Gasteiger partial charge in [-0.15, -0.1) is 0 Å². The third-order valence-corrected chi connectivity index (χ3v) is 29.9. The van der Waals surface area contributed by atoms with Gasteiger partial charge in [-0.2, -0.15) is 0 Å². The first-order valence-corrected chi connectivity index (χ1v) is 41.4. The van der Waals surface area contributed by atoms with Crippen molar-refractivity contribution in [1.82, 2.24) is 0 Å². The summed E-state index contributed by atoms with van der Waals surface area (Å²) in [5.41, 5.74) is 38.4. The maximum atomic E-state index is 2.55. The minimum absolute atomic E-state index is 0.0672. The molecule has 8 fully saturated rings. The first-order valence-electron chi connectivity index (χ1n) is 41.4. The molecule has 0 N–H and O–H groups in total. The molecule has 0 saturated heterocycles. The highest BCUT2D eigenvalue weighted by molar-refractivity contribution is 5.99. The van der Waals surface area contributed by atoms with Gasteiger partial charge in [0.25, 0.3) is 0 Å². The molecule has 0 unspecified atom stereocenters. The number of rotatable bonds is 9. The Morgan fingerprint density at radius 2 is 0.536 bits per heavy atom. The Kier molecular flexibility index (Phi) is 14.3. The molecular weight excluding hydrogens is 1330 g/mol. The van der Waals surface area contributed by atoms with E-state index in [9.17, 15) is 0 Å². The van der Waals surface area contributed by atoms with Crippen LogP contribution in [0.3, 0.4) is 0 Å². The van der Waals surface area contributed by atoms with Gasteiger partial charge in [0.2, 0.25) is 0 Å². The molecule has 14 aromatic rings. The average Bonchev–Trinajstić information content (AvgIpc) is 1.49. The predicted molar refractivity (Wildman–Crippen MR) is 458 cm³/mol. The molecule has 0 radical (unpaired) electrons. The second-order valence-corrected chi connectivity index (χ2v) is 35.9. The number of benzene rings is 14. The molecule has 12 aliphatic rings. The Balaban J connectivity index is 0.000000132. The van der Waals surface area contributed by atoms with E-state index in [-0.39, 0.29) is 21.7 Å². The van der Waals surface area contributed by atoms with Crippen molar-refractivity contribution in [2.75, 3.05) is 9.80 Å². The van der Waals surface area contributed by atoms with Gasteiger partial charge in [0.05, 0.1) is 11.4 Å². The molecule has 0 atom stereocenters. The van der Waals surface area contributed by atoms with Crippen LogP contribution < -0.4 is 9.80 Å². The summed E-state index contributed by atoms with van der Waals surface area (Å²) >= 11 is 0. The standard InChI is InChI=1S/C55H47N.C53H45N/c1-54(2)48-15-8-7-14-46(48)53-51(54)17-10-18-52(53)56(43-24-19-38(20-25-43)37-11-4-3-5-12-37)44-26-21-39(22-27-44)40-23-28-50-47(34-40)45-13-6-9-16-49(45)55(50)41-30-35-29-36(32-41)33-42(55)31-35;1-52(2)46-14-7-6-13-44(46)51-49(52)16-9-17-50(51)54(42-24-20-35-10-3-4-11-37(35)31-42)41-22-18-36(19-23-41)38-21-25-48-45(32-38)43-12-5-8-15-47(43)53(48)39-27-33-26-34(29-39)30-40(53)28-33/h3-28,34-36,41-42H,29-33H2,1-2H3;3-25,31-34,39-40H,26-30H2,1-2H3. The summed E-state index contributed by atoms with van der Waals surface area (Å²) in [7, 11) is 0. The van der Waals surface area contributed by atoms with Crippen LogP contribution >= 0.6 is 0 Å². The van der Waals surface area contributed by atoms with Crippen molar-refractivity contribution in [3.8, 4) is 77.9 Å². The van der Waals surface area contributed by atoms with Crippen LogP contribution in [0, 0.1) is 47.3 Å². The fourth-order valence-electron chi connectivity index (χ4n) is 25.7.